The number of rotatable bonds is 3. The number of hydrogen-bond donors (Lipinski definition) is 3. The van der Waals surface area contributed by atoms with Gasteiger partial charge in [-0.1, -0.05) is 38.0 Å². The fraction of sp³-hybridized carbons (Fsp3) is 0.692. The summed E-state index contributed by atoms with van der Waals surface area (Å²) in [5.74, 6) is 0.206. The molecule has 2 rings (SSSR count). The minimum atomic E-state index is -0.100. The highest BCUT2D eigenvalue weighted by atomic mass is 32.1. The molecule has 1 saturated carbocycles. The maximum atomic E-state index is 12.3. The van der Waals surface area contributed by atoms with Crippen LogP contribution in [-0.4, -0.2) is 24.0 Å². The molecule has 0 aliphatic heterocycles. The van der Waals surface area contributed by atoms with Crippen LogP contribution in [0, 0.1) is 5.41 Å². The number of nitrogen functional groups attached to an aromatic ring is 1. The van der Waals surface area contributed by atoms with Crippen molar-refractivity contribution < 1.29 is 4.79 Å². The van der Waals surface area contributed by atoms with E-state index in [1.165, 1.54) is 24.2 Å². The first-order valence-electron chi connectivity index (χ1n) is 6.69. The number of carbonyl (C=O) groups excluding carboxylic acids is 1. The zero-order chi connectivity index (χ0) is 14.0. The second-order valence-corrected chi connectivity index (χ2v) is 6.74. The van der Waals surface area contributed by atoms with Gasteiger partial charge in [-0.05, 0) is 18.3 Å². The van der Waals surface area contributed by atoms with Crippen LogP contribution in [0.25, 0.3) is 0 Å². The van der Waals surface area contributed by atoms with Crippen molar-refractivity contribution in [2.75, 3.05) is 18.1 Å². The highest BCUT2D eigenvalue weighted by molar-refractivity contribution is 7.18. The number of carbonyl (C=O) groups is 1. The molecule has 1 aliphatic rings. The monoisotopic (exact) mass is 282 g/mol. The van der Waals surface area contributed by atoms with Crippen molar-refractivity contribution in [2.45, 2.75) is 45.6 Å². The first kappa shape index (κ1) is 14.1. The van der Waals surface area contributed by atoms with Crippen LogP contribution in [0.3, 0.4) is 0 Å². The average molecular weight is 282 g/mol. The summed E-state index contributed by atoms with van der Waals surface area (Å²) in [6.45, 7) is 4.43. The van der Waals surface area contributed by atoms with E-state index in [0.29, 0.717) is 15.8 Å². The Bertz CT molecular complexity index is 469. The molecule has 0 radical (unpaired) electrons. The van der Waals surface area contributed by atoms with Gasteiger partial charge in [0.25, 0.3) is 5.91 Å². The molecule has 5 nitrogen and oxygen atoms in total. The smallest absolute Gasteiger partial charge is 0.265 e. The summed E-state index contributed by atoms with van der Waals surface area (Å²) >= 11 is 1.30. The van der Waals surface area contributed by atoms with Crippen LogP contribution in [0.2, 0.25) is 0 Å². The summed E-state index contributed by atoms with van der Waals surface area (Å²) in [5, 5.41) is 6.71. The summed E-state index contributed by atoms with van der Waals surface area (Å²) in [6, 6.07) is 0.216. The quantitative estimate of drug-likeness (QED) is 0.795. The van der Waals surface area contributed by atoms with Crippen LogP contribution in [0.4, 0.5) is 10.9 Å². The molecule has 4 N–H and O–H groups in total. The molecule has 1 atom stereocenters. The van der Waals surface area contributed by atoms with Gasteiger partial charge < -0.3 is 16.4 Å². The van der Waals surface area contributed by atoms with Gasteiger partial charge in [0.05, 0.1) is 0 Å². The number of amides is 1. The van der Waals surface area contributed by atoms with Gasteiger partial charge in [-0.3, -0.25) is 4.79 Å². The van der Waals surface area contributed by atoms with Crippen LogP contribution in [0.5, 0.6) is 0 Å². The summed E-state index contributed by atoms with van der Waals surface area (Å²) in [7, 11) is 1.77. The maximum Gasteiger partial charge on any atom is 0.265 e. The molecule has 1 heterocycles. The van der Waals surface area contributed by atoms with Gasteiger partial charge in [0.2, 0.25) is 0 Å². The lowest BCUT2D eigenvalue weighted by Gasteiger charge is -2.38. The van der Waals surface area contributed by atoms with Crippen molar-refractivity contribution in [1.82, 2.24) is 10.3 Å². The molecule has 0 saturated heterocycles. The van der Waals surface area contributed by atoms with Crippen molar-refractivity contribution in [3.63, 3.8) is 0 Å². The fourth-order valence-electron chi connectivity index (χ4n) is 2.59. The minimum absolute atomic E-state index is 0.100. The van der Waals surface area contributed by atoms with Crippen LogP contribution in [0.1, 0.15) is 49.2 Å². The SMILES string of the molecule is CNc1nc(N)c(C(=O)NC2CCCCC2(C)C)s1. The number of hydrogen-bond acceptors (Lipinski definition) is 5. The van der Waals surface area contributed by atoms with Crippen LogP contribution in [-0.2, 0) is 0 Å². The maximum absolute atomic E-state index is 12.3. The summed E-state index contributed by atoms with van der Waals surface area (Å²) in [5.41, 5.74) is 5.94. The Morgan fingerprint density at radius 3 is 2.79 bits per heavy atom. The van der Waals surface area contributed by atoms with E-state index in [9.17, 15) is 4.79 Å². The molecule has 1 aliphatic carbocycles. The van der Waals surface area contributed by atoms with E-state index in [0.717, 1.165) is 12.8 Å². The Morgan fingerprint density at radius 2 is 2.21 bits per heavy atom. The zero-order valence-electron chi connectivity index (χ0n) is 11.7. The standard InChI is InChI=1S/C13H22N4OS/c1-13(2)7-5-4-6-8(13)16-11(18)9-10(14)17-12(15-3)19-9/h8H,4-7,14H2,1-3H3,(H,15,17)(H,16,18). The Balaban J connectivity index is 2.09. The Hall–Kier alpha value is -1.30. The highest BCUT2D eigenvalue weighted by Gasteiger charge is 2.34. The molecule has 6 heteroatoms. The van der Waals surface area contributed by atoms with Crippen molar-refractivity contribution in [1.29, 1.82) is 0 Å². The number of thiazole rings is 1. The molecule has 0 aromatic carbocycles. The highest BCUT2D eigenvalue weighted by Crippen LogP contribution is 2.36. The van der Waals surface area contributed by atoms with Gasteiger partial charge in [0, 0.05) is 13.1 Å². The lowest BCUT2D eigenvalue weighted by molar-refractivity contribution is 0.0858. The van der Waals surface area contributed by atoms with Crippen molar-refractivity contribution in [2.24, 2.45) is 5.41 Å². The van der Waals surface area contributed by atoms with Gasteiger partial charge in [-0.25, -0.2) is 4.98 Å². The van der Waals surface area contributed by atoms with Gasteiger partial charge >= 0.3 is 0 Å². The molecule has 1 aromatic rings. The summed E-state index contributed by atoms with van der Waals surface area (Å²) < 4.78 is 0. The largest absolute Gasteiger partial charge is 0.382 e. The second-order valence-electron chi connectivity index (χ2n) is 5.74. The predicted octanol–water partition coefficient (Wildman–Crippen LogP) is 2.47. The molecule has 19 heavy (non-hydrogen) atoms. The number of nitrogens with two attached hydrogens (primary N) is 1. The first-order valence-corrected chi connectivity index (χ1v) is 7.50. The first-order chi connectivity index (χ1) is 8.94. The topological polar surface area (TPSA) is 80.0 Å². The number of anilines is 2. The van der Waals surface area contributed by atoms with Crippen LogP contribution < -0.4 is 16.4 Å². The molecular formula is C13H22N4OS. The molecule has 1 amide bonds. The van der Waals surface area contributed by atoms with Gasteiger partial charge in [0.1, 0.15) is 10.7 Å². The predicted molar refractivity (Wildman–Crippen MR) is 79.6 cm³/mol. The molecule has 106 valence electrons. The van der Waals surface area contributed by atoms with E-state index in [2.05, 4.69) is 29.5 Å². The summed E-state index contributed by atoms with van der Waals surface area (Å²) in [4.78, 5) is 16.9. The number of aromatic nitrogens is 1. The van der Waals surface area contributed by atoms with Crippen molar-refractivity contribution in [3.05, 3.63) is 4.88 Å². The fourth-order valence-corrected chi connectivity index (χ4v) is 3.33. The normalized spacial score (nSPS) is 21.9. The lowest BCUT2D eigenvalue weighted by atomic mass is 9.73. The van der Waals surface area contributed by atoms with Crippen molar-refractivity contribution in [3.8, 4) is 0 Å². The van der Waals surface area contributed by atoms with Crippen LogP contribution >= 0.6 is 11.3 Å². The molecule has 1 unspecified atom stereocenters. The molecule has 0 spiro atoms. The van der Waals surface area contributed by atoms with E-state index < -0.39 is 0 Å². The van der Waals surface area contributed by atoms with E-state index >= 15 is 0 Å². The molecular weight excluding hydrogens is 260 g/mol. The lowest BCUT2D eigenvalue weighted by Crippen LogP contribution is -2.46. The van der Waals surface area contributed by atoms with Crippen LogP contribution in [0.15, 0.2) is 0 Å². The second kappa shape index (κ2) is 5.36. The Kier molecular flexibility index (Phi) is 3.99. The van der Waals surface area contributed by atoms with E-state index in [1.807, 2.05) is 0 Å². The molecule has 0 bridgehead atoms. The molecule has 1 fully saturated rings. The number of nitrogens with one attached hydrogen (secondary N) is 2. The third-order valence-electron chi connectivity index (χ3n) is 3.89. The zero-order valence-corrected chi connectivity index (χ0v) is 12.6. The Labute approximate surface area is 118 Å². The Morgan fingerprint density at radius 1 is 1.47 bits per heavy atom. The van der Waals surface area contributed by atoms with Crippen molar-refractivity contribution >= 4 is 28.2 Å². The van der Waals surface area contributed by atoms with Gasteiger partial charge in [-0.2, -0.15) is 0 Å². The van der Waals surface area contributed by atoms with Gasteiger partial charge in [0.15, 0.2) is 5.13 Å². The van der Waals surface area contributed by atoms with E-state index in [4.69, 9.17) is 5.73 Å². The average Bonchev–Trinajstić information content (AvgIpc) is 2.73. The molecule has 1 aromatic heterocycles. The van der Waals surface area contributed by atoms with Gasteiger partial charge in [-0.15, -0.1) is 0 Å². The minimum Gasteiger partial charge on any atom is -0.382 e. The third-order valence-corrected chi connectivity index (χ3v) is 4.97. The number of nitrogens with zero attached hydrogens (tertiary/aromatic N) is 1. The summed E-state index contributed by atoms with van der Waals surface area (Å²) in [6.07, 6.45) is 4.61. The third kappa shape index (κ3) is 3.00. The van der Waals surface area contributed by atoms with E-state index in [-0.39, 0.29) is 17.4 Å². The van der Waals surface area contributed by atoms with E-state index in [1.54, 1.807) is 7.05 Å².